The van der Waals surface area contributed by atoms with Crippen molar-refractivity contribution < 1.29 is 4.52 Å². The number of hydrogen-bond acceptors (Lipinski definition) is 4. The summed E-state index contributed by atoms with van der Waals surface area (Å²) in [5.74, 6) is 2.18. The Kier molecular flexibility index (Phi) is 5.12. The van der Waals surface area contributed by atoms with Crippen LogP contribution in [0.25, 0.3) is 11.4 Å². The predicted molar refractivity (Wildman–Crippen MR) is 103 cm³/mol. The number of aromatic nitrogens is 2. The van der Waals surface area contributed by atoms with E-state index in [0.717, 1.165) is 31.1 Å². The van der Waals surface area contributed by atoms with E-state index in [1.54, 1.807) is 0 Å². The summed E-state index contributed by atoms with van der Waals surface area (Å²) >= 11 is 0. The lowest BCUT2D eigenvalue weighted by Gasteiger charge is -2.31. The fourth-order valence-corrected chi connectivity index (χ4v) is 3.74. The van der Waals surface area contributed by atoms with Crippen LogP contribution in [0.3, 0.4) is 0 Å². The molecule has 0 amide bonds. The molecule has 4 rings (SSSR count). The van der Waals surface area contributed by atoms with Crippen LogP contribution >= 0.6 is 0 Å². The zero-order chi connectivity index (χ0) is 17.8. The third kappa shape index (κ3) is 4.02. The molecule has 1 aliphatic rings. The van der Waals surface area contributed by atoms with E-state index in [4.69, 9.17) is 4.52 Å². The fraction of sp³-hybridized carbons (Fsp3) is 0.364. The van der Waals surface area contributed by atoms with Crippen LogP contribution in [0.4, 0.5) is 0 Å². The van der Waals surface area contributed by atoms with E-state index in [-0.39, 0.29) is 0 Å². The highest BCUT2D eigenvalue weighted by molar-refractivity contribution is 5.58. The molecule has 1 aromatic heterocycles. The molecule has 4 heteroatoms. The van der Waals surface area contributed by atoms with Crippen LogP contribution in [0.5, 0.6) is 0 Å². The zero-order valence-corrected chi connectivity index (χ0v) is 15.3. The van der Waals surface area contributed by atoms with Crippen LogP contribution in [0, 0.1) is 12.8 Å². The molecule has 2 aromatic carbocycles. The predicted octanol–water partition coefficient (Wildman–Crippen LogP) is 4.50. The third-order valence-corrected chi connectivity index (χ3v) is 5.29. The minimum absolute atomic E-state index is 0.692. The van der Waals surface area contributed by atoms with Crippen molar-refractivity contribution in [3.63, 3.8) is 0 Å². The van der Waals surface area contributed by atoms with Crippen molar-refractivity contribution in [3.8, 4) is 11.4 Å². The topological polar surface area (TPSA) is 42.2 Å². The first kappa shape index (κ1) is 17.0. The van der Waals surface area contributed by atoms with Gasteiger partial charge in [0.15, 0.2) is 0 Å². The highest BCUT2D eigenvalue weighted by Crippen LogP contribution is 2.24. The van der Waals surface area contributed by atoms with Crippen molar-refractivity contribution >= 4 is 0 Å². The molecule has 2 heterocycles. The molecule has 134 valence electrons. The molecule has 1 saturated heterocycles. The Balaban J connectivity index is 1.32. The number of likely N-dealkylation sites (tertiary alicyclic amines) is 1. The Labute approximate surface area is 154 Å². The van der Waals surface area contributed by atoms with Crippen molar-refractivity contribution in [3.05, 3.63) is 71.6 Å². The summed E-state index contributed by atoms with van der Waals surface area (Å²) in [5.41, 5.74) is 3.66. The second-order valence-electron chi connectivity index (χ2n) is 7.24. The largest absolute Gasteiger partial charge is 0.338 e. The second kappa shape index (κ2) is 7.83. The van der Waals surface area contributed by atoms with Gasteiger partial charge in [-0.3, -0.25) is 4.90 Å². The summed E-state index contributed by atoms with van der Waals surface area (Å²) in [4.78, 5) is 7.03. The van der Waals surface area contributed by atoms with Crippen molar-refractivity contribution in [2.45, 2.75) is 32.7 Å². The number of hydrogen-bond donors (Lipinski definition) is 0. The third-order valence-electron chi connectivity index (χ3n) is 5.29. The van der Waals surface area contributed by atoms with E-state index in [2.05, 4.69) is 58.4 Å². The quantitative estimate of drug-likeness (QED) is 0.681. The SMILES string of the molecule is Cc1ccccc1-c1noc(CN2CCC(Cc3ccccc3)CC2)n1. The molecule has 0 spiro atoms. The molecular formula is C22H25N3O. The average Bonchev–Trinajstić information content (AvgIpc) is 3.13. The normalized spacial score (nSPS) is 16.0. The Morgan fingerprint density at radius 3 is 2.50 bits per heavy atom. The maximum atomic E-state index is 5.50. The molecule has 4 nitrogen and oxygen atoms in total. The minimum atomic E-state index is 0.692. The van der Waals surface area contributed by atoms with Crippen LogP contribution in [-0.2, 0) is 13.0 Å². The van der Waals surface area contributed by atoms with Crippen molar-refractivity contribution in [1.29, 1.82) is 0 Å². The fourth-order valence-electron chi connectivity index (χ4n) is 3.74. The van der Waals surface area contributed by atoms with E-state index in [1.165, 1.54) is 30.4 Å². The maximum Gasteiger partial charge on any atom is 0.241 e. The van der Waals surface area contributed by atoms with Gasteiger partial charge >= 0.3 is 0 Å². The zero-order valence-electron chi connectivity index (χ0n) is 15.3. The van der Waals surface area contributed by atoms with E-state index in [1.807, 2.05) is 18.2 Å². The van der Waals surface area contributed by atoms with Gasteiger partial charge in [-0.15, -0.1) is 0 Å². The van der Waals surface area contributed by atoms with Crippen LogP contribution in [-0.4, -0.2) is 28.1 Å². The molecule has 0 N–H and O–H groups in total. The van der Waals surface area contributed by atoms with Gasteiger partial charge in [-0.2, -0.15) is 4.98 Å². The molecule has 1 aliphatic heterocycles. The second-order valence-corrected chi connectivity index (χ2v) is 7.24. The standard InChI is InChI=1S/C22H25N3O/c1-17-7-5-6-10-20(17)22-23-21(26-24-22)16-25-13-11-19(12-14-25)15-18-8-3-2-4-9-18/h2-10,19H,11-16H2,1H3. The Morgan fingerprint density at radius 1 is 1.00 bits per heavy atom. The molecule has 0 unspecified atom stereocenters. The van der Waals surface area contributed by atoms with E-state index < -0.39 is 0 Å². The summed E-state index contributed by atoms with van der Waals surface area (Å²) in [5, 5.41) is 4.17. The van der Waals surface area contributed by atoms with Crippen molar-refractivity contribution in [1.82, 2.24) is 15.0 Å². The van der Waals surface area contributed by atoms with Gasteiger partial charge in [0.05, 0.1) is 6.54 Å². The molecular weight excluding hydrogens is 322 g/mol. The number of rotatable bonds is 5. The van der Waals surface area contributed by atoms with Gasteiger partial charge in [-0.25, -0.2) is 0 Å². The molecule has 1 fully saturated rings. The summed E-state index contributed by atoms with van der Waals surface area (Å²) in [6.07, 6.45) is 3.65. The molecule has 0 aliphatic carbocycles. The lowest BCUT2D eigenvalue weighted by Crippen LogP contribution is -2.33. The molecule has 3 aromatic rings. The van der Waals surface area contributed by atoms with Gasteiger partial charge in [0.1, 0.15) is 0 Å². The number of benzene rings is 2. The van der Waals surface area contributed by atoms with Gasteiger partial charge in [-0.1, -0.05) is 59.8 Å². The summed E-state index contributed by atoms with van der Waals surface area (Å²) in [7, 11) is 0. The van der Waals surface area contributed by atoms with Crippen LogP contribution in [0.15, 0.2) is 59.1 Å². The van der Waals surface area contributed by atoms with E-state index >= 15 is 0 Å². The number of piperidine rings is 1. The van der Waals surface area contributed by atoms with Gasteiger partial charge < -0.3 is 4.52 Å². The molecule has 26 heavy (non-hydrogen) atoms. The number of nitrogens with zero attached hydrogens (tertiary/aromatic N) is 3. The molecule has 0 radical (unpaired) electrons. The first-order valence-electron chi connectivity index (χ1n) is 9.43. The van der Waals surface area contributed by atoms with E-state index in [0.29, 0.717) is 11.7 Å². The lowest BCUT2D eigenvalue weighted by molar-refractivity contribution is 0.159. The highest BCUT2D eigenvalue weighted by Gasteiger charge is 2.21. The Hall–Kier alpha value is -2.46. The number of aryl methyl sites for hydroxylation is 1. The summed E-state index contributed by atoms with van der Waals surface area (Å²) < 4.78 is 5.50. The minimum Gasteiger partial charge on any atom is -0.338 e. The Bertz CT molecular complexity index is 835. The van der Waals surface area contributed by atoms with Crippen molar-refractivity contribution in [2.75, 3.05) is 13.1 Å². The molecule has 0 atom stereocenters. The monoisotopic (exact) mass is 347 g/mol. The summed E-state index contributed by atoms with van der Waals surface area (Å²) in [6, 6.07) is 19.0. The van der Waals surface area contributed by atoms with Gasteiger partial charge in [0.2, 0.25) is 11.7 Å². The van der Waals surface area contributed by atoms with Crippen LogP contribution in [0.1, 0.15) is 29.9 Å². The Morgan fingerprint density at radius 2 is 1.73 bits per heavy atom. The first-order chi connectivity index (χ1) is 12.8. The average molecular weight is 347 g/mol. The smallest absolute Gasteiger partial charge is 0.241 e. The van der Waals surface area contributed by atoms with E-state index in [9.17, 15) is 0 Å². The van der Waals surface area contributed by atoms with Gasteiger partial charge in [0.25, 0.3) is 0 Å². The first-order valence-corrected chi connectivity index (χ1v) is 9.43. The lowest BCUT2D eigenvalue weighted by atomic mass is 9.90. The van der Waals surface area contributed by atoms with Gasteiger partial charge in [0, 0.05) is 5.56 Å². The highest BCUT2D eigenvalue weighted by atomic mass is 16.5. The van der Waals surface area contributed by atoms with Crippen LogP contribution < -0.4 is 0 Å². The molecule has 0 saturated carbocycles. The van der Waals surface area contributed by atoms with Crippen molar-refractivity contribution in [2.24, 2.45) is 5.92 Å². The maximum absolute atomic E-state index is 5.50. The van der Waals surface area contributed by atoms with Gasteiger partial charge in [-0.05, 0) is 56.3 Å². The van der Waals surface area contributed by atoms with Crippen LogP contribution in [0.2, 0.25) is 0 Å². The summed E-state index contributed by atoms with van der Waals surface area (Å²) in [6.45, 7) is 5.01. The molecule has 0 bridgehead atoms.